The Morgan fingerprint density at radius 3 is 2.72 bits per heavy atom. The van der Waals surface area contributed by atoms with Crippen molar-refractivity contribution in [2.75, 3.05) is 11.9 Å². The molecule has 0 aromatic carbocycles. The molecule has 0 radical (unpaired) electrons. The maximum atomic E-state index is 11.8. The van der Waals surface area contributed by atoms with E-state index in [4.69, 9.17) is 9.72 Å². The molecule has 25 heavy (non-hydrogen) atoms. The largest absolute Gasteiger partial charge is 0.466 e. The number of H-pyrrole nitrogens is 1. The van der Waals surface area contributed by atoms with Crippen LogP contribution in [-0.2, 0) is 14.3 Å². The molecule has 0 saturated heterocycles. The Kier molecular flexibility index (Phi) is 4.78. The zero-order valence-electron chi connectivity index (χ0n) is 14.5. The Balaban J connectivity index is 1.74. The molecule has 132 valence electrons. The van der Waals surface area contributed by atoms with Gasteiger partial charge in [0.15, 0.2) is 0 Å². The van der Waals surface area contributed by atoms with Crippen LogP contribution in [0.5, 0.6) is 0 Å². The summed E-state index contributed by atoms with van der Waals surface area (Å²) in [7, 11) is 0. The van der Waals surface area contributed by atoms with Crippen LogP contribution in [0.4, 0.5) is 5.82 Å². The Morgan fingerprint density at radius 1 is 1.28 bits per heavy atom. The van der Waals surface area contributed by atoms with E-state index in [1.807, 2.05) is 13.8 Å². The number of aromatic nitrogens is 4. The van der Waals surface area contributed by atoms with Gasteiger partial charge in [0.2, 0.25) is 5.91 Å². The molecule has 0 bridgehead atoms. The molecule has 2 heterocycles. The van der Waals surface area contributed by atoms with E-state index in [1.165, 1.54) is 0 Å². The number of aromatic amines is 1. The first-order valence-corrected chi connectivity index (χ1v) is 8.34. The average molecular weight is 343 g/mol. The van der Waals surface area contributed by atoms with E-state index in [2.05, 4.69) is 20.5 Å². The van der Waals surface area contributed by atoms with Gasteiger partial charge in [-0.15, -0.1) is 0 Å². The van der Waals surface area contributed by atoms with E-state index in [-0.39, 0.29) is 13.0 Å². The van der Waals surface area contributed by atoms with Gasteiger partial charge in [0.1, 0.15) is 23.6 Å². The Morgan fingerprint density at radius 2 is 2.04 bits per heavy atom. The number of esters is 1. The lowest BCUT2D eigenvalue weighted by molar-refractivity contribution is -0.145. The minimum atomic E-state index is -0.561. The lowest BCUT2D eigenvalue weighted by Gasteiger charge is -2.07. The van der Waals surface area contributed by atoms with Gasteiger partial charge < -0.3 is 10.1 Å². The third-order valence-corrected chi connectivity index (χ3v) is 3.95. The van der Waals surface area contributed by atoms with Gasteiger partial charge in [-0.1, -0.05) is 0 Å². The lowest BCUT2D eigenvalue weighted by Crippen LogP contribution is -2.18. The highest BCUT2D eigenvalue weighted by atomic mass is 16.5. The average Bonchev–Trinajstić information content (AvgIpc) is 3.27. The van der Waals surface area contributed by atoms with Crippen LogP contribution >= 0.6 is 0 Å². The molecular formula is C17H21N5O3. The van der Waals surface area contributed by atoms with Gasteiger partial charge in [0, 0.05) is 12.0 Å². The molecule has 2 aromatic heterocycles. The SMILES string of the molecule is CCOC(=O)CC(=O)Nc1cc(-c2nc(C3CC3)c(C)nc2C)n[nH]1. The van der Waals surface area contributed by atoms with Crippen molar-refractivity contribution >= 4 is 17.7 Å². The smallest absolute Gasteiger partial charge is 0.315 e. The van der Waals surface area contributed by atoms with Crippen LogP contribution in [0, 0.1) is 13.8 Å². The predicted octanol–water partition coefficient (Wildman–Crippen LogP) is 2.25. The molecule has 3 rings (SSSR count). The molecule has 2 N–H and O–H groups in total. The van der Waals surface area contributed by atoms with E-state index in [9.17, 15) is 9.59 Å². The van der Waals surface area contributed by atoms with Crippen LogP contribution in [0.25, 0.3) is 11.4 Å². The van der Waals surface area contributed by atoms with Crippen molar-refractivity contribution in [3.05, 3.63) is 23.1 Å². The molecule has 8 heteroatoms. The summed E-state index contributed by atoms with van der Waals surface area (Å²) in [6.07, 6.45) is 1.96. The highest BCUT2D eigenvalue weighted by Crippen LogP contribution is 2.41. The van der Waals surface area contributed by atoms with Gasteiger partial charge in [-0.3, -0.25) is 19.7 Å². The van der Waals surface area contributed by atoms with Crippen LogP contribution in [0.2, 0.25) is 0 Å². The van der Waals surface area contributed by atoms with Crippen molar-refractivity contribution < 1.29 is 14.3 Å². The summed E-state index contributed by atoms with van der Waals surface area (Å²) in [6, 6.07) is 1.69. The number of aryl methyl sites for hydroxylation is 2. The van der Waals surface area contributed by atoms with Crippen molar-refractivity contribution in [3.63, 3.8) is 0 Å². The molecule has 1 aliphatic carbocycles. The Bertz CT molecular complexity index is 811. The lowest BCUT2D eigenvalue weighted by atomic mass is 10.1. The second-order valence-corrected chi connectivity index (χ2v) is 6.10. The van der Waals surface area contributed by atoms with Crippen LogP contribution in [-0.4, -0.2) is 38.6 Å². The van der Waals surface area contributed by atoms with E-state index < -0.39 is 11.9 Å². The summed E-state index contributed by atoms with van der Waals surface area (Å²) in [5.41, 5.74) is 4.09. The van der Waals surface area contributed by atoms with Gasteiger partial charge in [-0.05, 0) is 33.6 Å². The van der Waals surface area contributed by atoms with Crippen LogP contribution in [0.3, 0.4) is 0 Å². The first-order chi connectivity index (χ1) is 12.0. The zero-order chi connectivity index (χ0) is 18.0. The van der Waals surface area contributed by atoms with Crippen molar-refractivity contribution in [3.8, 4) is 11.4 Å². The number of amides is 1. The minimum Gasteiger partial charge on any atom is -0.466 e. The quantitative estimate of drug-likeness (QED) is 0.615. The van der Waals surface area contributed by atoms with E-state index >= 15 is 0 Å². The number of rotatable bonds is 6. The topological polar surface area (TPSA) is 110 Å². The first kappa shape index (κ1) is 17.1. The van der Waals surface area contributed by atoms with E-state index in [0.29, 0.717) is 23.1 Å². The molecule has 1 saturated carbocycles. The predicted molar refractivity (Wildman–Crippen MR) is 90.9 cm³/mol. The molecule has 0 unspecified atom stereocenters. The molecule has 1 fully saturated rings. The molecule has 0 spiro atoms. The molecule has 8 nitrogen and oxygen atoms in total. The van der Waals surface area contributed by atoms with E-state index in [0.717, 1.165) is 29.9 Å². The summed E-state index contributed by atoms with van der Waals surface area (Å²) < 4.78 is 4.75. The van der Waals surface area contributed by atoms with Crippen LogP contribution in [0.1, 0.15) is 49.2 Å². The van der Waals surface area contributed by atoms with Gasteiger partial charge in [0.25, 0.3) is 0 Å². The molecule has 1 aliphatic rings. The van der Waals surface area contributed by atoms with Crippen molar-refractivity contribution in [1.82, 2.24) is 20.2 Å². The maximum absolute atomic E-state index is 11.8. The summed E-state index contributed by atoms with van der Waals surface area (Å²) in [6.45, 7) is 5.80. The van der Waals surface area contributed by atoms with E-state index in [1.54, 1.807) is 13.0 Å². The highest BCUT2D eigenvalue weighted by molar-refractivity contribution is 6.01. The van der Waals surface area contributed by atoms with Gasteiger partial charge in [-0.25, -0.2) is 4.98 Å². The fourth-order valence-electron chi connectivity index (χ4n) is 2.67. The first-order valence-electron chi connectivity index (χ1n) is 8.34. The van der Waals surface area contributed by atoms with Crippen molar-refractivity contribution in [2.24, 2.45) is 0 Å². The van der Waals surface area contributed by atoms with Crippen LogP contribution in [0.15, 0.2) is 6.07 Å². The fraction of sp³-hybridized carbons (Fsp3) is 0.471. The Labute approximate surface area is 145 Å². The number of hydrogen-bond acceptors (Lipinski definition) is 6. The number of carbonyl (C=O) groups is 2. The third-order valence-electron chi connectivity index (χ3n) is 3.95. The van der Waals surface area contributed by atoms with Gasteiger partial charge >= 0.3 is 5.97 Å². The minimum absolute atomic E-state index is 0.245. The monoisotopic (exact) mass is 343 g/mol. The standard InChI is InChI=1S/C17H21N5O3/c1-4-25-15(24)8-14(23)19-13-7-12(21-22-13)17-10(3)18-9(2)16(20-17)11-5-6-11/h7,11H,4-6,8H2,1-3H3,(H2,19,21,22,23). The second-order valence-electron chi connectivity index (χ2n) is 6.10. The number of hydrogen-bond donors (Lipinski definition) is 2. The third kappa shape index (κ3) is 4.01. The molecule has 1 amide bonds. The van der Waals surface area contributed by atoms with Crippen LogP contribution < -0.4 is 5.32 Å². The summed E-state index contributed by atoms with van der Waals surface area (Å²) in [5, 5.41) is 9.55. The molecule has 2 aromatic rings. The summed E-state index contributed by atoms with van der Waals surface area (Å²) >= 11 is 0. The number of nitrogens with zero attached hydrogens (tertiary/aromatic N) is 3. The number of anilines is 1. The number of carbonyl (C=O) groups excluding carboxylic acids is 2. The molecule has 0 atom stereocenters. The maximum Gasteiger partial charge on any atom is 0.315 e. The van der Waals surface area contributed by atoms with Crippen molar-refractivity contribution in [1.29, 1.82) is 0 Å². The summed E-state index contributed by atoms with van der Waals surface area (Å²) in [5.74, 6) is -0.123. The normalized spacial score (nSPS) is 13.6. The van der Waals surface area contributed by atoms with Gasteiger partial charge in [-0.2, -0.15) is 5.10 Å². The fourth-order valence-corrected chi connectivity index (χ4v) is 2.67. The zero-order valence-corrected chi connectivity index (χ0v) is 14.5. The number of ether oxygens (including phenoxy) is 1. The van der Waals surface area contributed by atoms with Gasteiger partial charge in [0.05, 0.1) is 23.7 Å². The summed E-state index contributed by atoms with van der Waals surface area (Å²) in [4.78, 5) is 32.5. The Hall–Kier alpha value is -2.77. The second kappa shape index (κ2) is 7.00. The van der Waals surface area contributed by atoms with Crippen molar-refractivity contribution in [2.45, 2.75) is 46.0 Å². The molecular weight excluding hydrogens is 322 g/mol. The number of nitrogens with one attached hydrogen (secondary N) is 2. The molecule has 0 aliphatic heterocycles. The highest BCUT2D eigenvalue weighted by Gasteiger charge is 2.28.